The van der Waals surface area contributed by atoms with Gasteiger partial charge in [-0.05, 0) is 37.5 Å². The molecule has 4 nitrogen and oxygen atoms in total. The van der Waals surface area contributed by atoms with E-state index in [1.807, 2.05) is 26.0 Å². The SMILES string of the molecule is Cc1cccc(NC(=O)CCC(=O)[O-])c1C. The molecular formula is C12H14NO3-. The van der Waals surface area contributed by atoms with Crippen LogP contribution in [-0.2, 0) is 9.59 Å². The van der Waals surface area contributed by atoms with Crippen molar-refractivity contribution in [1.29, 1.82) is 0 Å². The van der Waals surface area contributed by atoms with Crippen molar-refractivity contribution in [3.8, 4) is 0 Å². The van der Waals surface area contributed by atoms with Crippen LogP contribution in [0, 0.1) is 13.8 Å². The summed E-state index contributed by atoms with van der Waals surface area (Å²) in [6.07, 6.45) is -0.313. The molecule has 1 N–H and O–H groups in total. The van der Waals surface area contributed by atoms with Gasteiger partial charge in [0.15, 0.2) is 0 Å². The molecule has 1 amide bonds. The van der Waals surface area contributed by atoms with Crippen molar-refractivity contribution < 1.29 is 14.7 Å². The highest BCUT2D eigenvalue weighted by Gasteiger charge is 2.05. The Balaban J connectivity index is 2.63. The zero-order chi connectivity index (χ0) is 12.1. The van der Waals surface area contributed by atoms with Gasteiger partial charge in [0.25, 0.3) is 0 Å². The molecular weight excluding hydrogens is 206 g/mol. The molecule has 0 unspecified atom stereocenters. The van der Waals surface area contributed by atoms with Crippen LogP contribution in [-0.4, -0.2) is 11.9 Å². The Morgan fingerprint density at radius 2 is 1.94 bits per heavy atom. The molecule has 16 heavy (non-hydrogen) atoms. The van der Waals surface area contributed by atoms with Gasteiger partial charge in [0, 0.05) is 18.1 Å². The summed E-state index contributed by atoms with van der Waals surface area (Å²) in [5, 5.41) is 12.9. The van der Waals surface area contributed by atoms with Crippen molar-refractivity contribution in [2.24, 2.45) is 0 Å². The predicted molar refractivity (Wildman–Crippen MR) is 58.8 cm³/mol. The second-order valence-corrected chi connectivity index (χ2v) is 3.67. The minimum Gasteiger partial charge on any atom is -0.550 e. The molecule has 86 valence electrons. The summed E-state index contributed by atoms with van der Waals surface area (Å²) in [6.45, 7) is 3.86. The standard InChI is InChI=1S/C12H15NO3/c1-8-4-3-5-10(9(8)2)13-11(14)6-7-12(15)16/h3-5H,6-7H2,1-2H3,(H,13,14)(H,15,16)/p-1. The number of carbonyl (C=O) groups excluding carboxylic acids is 2. The lowest BCUT2D eigenvalue weighted by Crippen LogP contribution is -2.24. The highest BCUT2D eigenvalue weighted by molar-refractivity contribution is 5.93. The maximum Gasteiger partial charge on any atom is 0.224 e. The van der Waals surface area contributed by atoms with E-state index >= 15 is 0 Å². The minimum atomic E-state index is -1.21. The first kappa shape index (κ1) is 12.2. The van der Waals surface area contributed by atoms with E-state index in [1.165, 1.54) is 0 Å². The van der Waals surface area contributed by atoms with Gasteiger partial charge in [0.2, 0.25) is 5.91 Å². The fourth-order valence-corrected chi connectivity index (χ4v) is 1.31. The third-order valence-corrected chi connectivity index (χ3v) is 2.43. The van der Waals surface area contributed by atoms with E-state index in [2.05, 4.69) is 5.32 Å². The van der Waals surface area contributed by atoms with Crippen molar-refractivity contribution in [3.05, 3.63) is 29.3 Å². The fraction of sp³-hybridized carbons (Fsp3) is 0.333. The number of hydrogen-bond acceptors (Lipinski definition) is 3. The highest BCUT2D eigenvalue weighted by Crippen LogP contribution is 2.18. The molecule has 0 spiro atoms. The molecule has 0 fully saturated rings. The molecule has 0 atom stereocenters. The van der Waals surface area contributed by atoms with Crippen LogP contribution in [0.25, 0.3) is 0 Å². The molecule has 0 aromatic heterocycles. The lowest BCUT2D eigenvalue weighted by Gasteiger charge is -2.10. The van der Waals surface area contributed by atoms with E-state index in [-0.39, 0.29) is 18.7 Å². The van der Waals surface area contributed by atoms with E-state index in [0.29, 0.717) is 0 Å². The molecule has 0 heterocycles. The first-order chi connectivity index (χ1) is 7.50. The zero-order valence-electron chi connectivity index (χ0n) is 9.37. The van der Waals surface area contributed by atoms with Crippen LogP contribution < -0.4 is 10.4 Å². The molecule has 0 radical (unpaired) electrons. The lowest BCUT2D eigenvalue weighted by molar-refractivity contribution is -0.305. The van der Waals surface area contributed by atoms with Gasteiger partial charge in [-0.1, -0.05) is 12.1 Å². The van der Waals surface area contributed by atoms with Crippen LogP contribution in [0.5, 0.6) is 0 Å². The zero-order valence-corrected chi connectivity index (χ0v) is 9.37. The van der Waals surface area contributed by atoms with Gasteiger partial charge in [0.05, 0.1) is 0 Å². The molecule has 0 aliphatic carbocycles. The summed E-state index contributed by atoms with van der Waals surface area (Å²) in [5.74, 6) is -1.52. The molecule has 4 heteroatoms. The quantitative estimate of drug-likeness (QED) is 0.814. The maximum atomic E-state index is 11.4. The minimum absolute atomic E-state index is 0.0598. The first-order valence-electron chi connectivity index (χ1n) is 5.06. The molecule has 1 rings (SSSR count). The number of aryl methyl sites for hydroxylation is 1. The molecule has 0 saturated heterocycles. The Labute approximate surface area is 94.3 Å². The number of carbonyl (C=O) groups is 2. The van der Waals surface area contributed by atoms with E-state index in [1.54, 1.807) is 6.07 Å². The molecule has 1 aromatic carbocycles. The normalized spacial score (nSPS) is 9.88. The Bertz CT molecular complexity index is 413. The number of anilines is 1. The molecule has 0 aliphatic heterocycles. The van der Waals surface area contributed by atoms with Crippen molar-refractivity contribution in [2.45, 2.75) is 26.7 Å². The fourth-order valence-electron chi connectivity index (χ4n) is 1.31. The number of carboxylic acid groups (broad SMARTS) is 1. The van der Waals surface area contributed by atoms with Gasteiger partial charge in [-0.25, -0.2) is 0 Å². The number of amides is 1. The van der Waals surface area contributed by atoms with Gasteiger partial charge in [0.1, 0.15) is 0 Å². The summed E-state index contributed by atoms with van der Waals surface area (Å²) < 4.78 is 0. The maximum absolute atomic E-state index is 11.4. The summed E-state index contributed by atoms with van der Waals surface area (Å²) in [5.41, 5.74) is 2.80. The summed E-state index contributed by atoms with van der Waals surface area (Å²) in [6, 6.07) is 5.59. The van der Waals surface area contributed by atoms with Gasteiger partial charge in [-0.2, -0.15) is 0 Å². The van der Waals surface area contributed by atoms with Crippen LogP contribution in [0.15, 0.2) is 18.2 Å². The van der Waals surface area contributed by atoms with Crippen molar-refractivity contribution in [3.63, 3.8) is 0 Å². The molecule has 0 bridgehead atoms. The van der Waals surface area contributed by atoms with Crippen molar-refractivity contribution in [2.75, 3.05) is 5.32 Å². The lowest BCUT2D eigenvalue weighted by atomic mass is 10.1. The van der Waals surface area contributed by atoms with Gasteiger partial charge >= 0.3 is 0 Å². The van der Waals surface area contributed by atoms with Crippen LogP contribution in [0.2, 0.25) is 0 Å². The first-order valence-corrected chi connectivity index (χ1v) is 5.06. The number of benzene rings is 1. The van der Waals surface area contributed by atoms with Crippen molar-refractivity contribution >= 4 is 17.6 Å². The summed E-state index contributed by atoms with van der Waals surface area (Å²) in [7, 11) is 0. The number of nitrogens with one attached hydrogen (secondary N) is 1. The summed E-state index contributed by atoms with van der Waals surface area (Å²) >= 11 is 0. The Hall–Kier alpha value is -1.84. The molecule has 0 saturated carbocycles. The van der Waals surface area contributed by atoms with Crippen LogP contribution in [0.1, 0.15) is 24.0 Å². The third kappa shape index (κ3) is 3.38. The monoisotopic (exact) mass is 220 g/mol. The average molecular weight is 220 g/mol. The van der Waals surface area contributed by atoms with Crippen LogP contribution in [0.4, 0.5) is 5.69 Å². The average Bonchev–Trinajstić information content (AvgIpc) is 2.22. The number of hydrogen-bond donors (Lipinski definition) is 1. The highest BCUT2D eigenvalue weighted by atomic mass is 16.4. The van der Waals surface area contributed by atoms with Crippen LogP contribution >= 0.6 is 0 Å². The van der Waals surface area contributed by atoms with Gasteiger partial charge in [-0.15, -0.1) is 0 Å². The number of aliphatic carboxylic acids is 1. The second-order valence-electron chi connectivity index (χ2n) is 3.67. The van der Waals surface area contributed by atoms with Gasteiger partial charge < -0.3 is 15.2 Å². The number of rotatable bonds is 4. The van der Waals surface area contributed by atoms with Crippen LogP contribution in [0.3, 0.4) is 0 Å². The second kappa shape index (κ2) is 5.30. The van der Waals surface area contributed by atoms with Gasteiger partial charge in [-0.3, -0.25) is 4.79 Å². The molecule has 1 aromatic rings. The third-order valence-electron chi connectivity index (χ3n) is 2.43. The predicted octanol–water partition coefficient (Wildman–Crippen LogP) is 0.772. The van der Waals surface area contributed by atoms with E-state index in [0.717, 1.165) is 16.8 Å². The van der Waals surface area contributed by atoms with E-state index in [9.17, 15) is 14.7 Å². The van der Waals surface area contributed by atoms with E-state index in [4.69, 9.17) is 0 Å². The Morgan fingerprint density at radius 3 is 2.56 bits per heavy atom. The largest absolute Gasteiger partial charge is 0.550 e. The molecule has 0 aliphatic rings. The summed E-state index contributed by atoms with van der Waals surface area (Å²) in [4.78, 5) is 21.6. The van der Waals surface area contributed by atoms with E-state index < -0.39 is 5.97 Å². The Morgan fingerprint density at radius 1 is 1.25 bits per heavy atom. The van der Waals surface area contributed by atoms with Crippen molar-refractivity contribution in [1.82, 2.24) is 0 Å². The smallest absolute Gasteiger partial charge is 0.224 e. The number of carboxylic acids is 1. The Kier molecular flexibility index (Phi) is 4.05. The topological polar surface area (TPSA) is 69.2 Å².